The highest BCUT2D eigenvalue weighted by atomic mass is 31.2. The molecule has 0 saturated heterocycles. The Morgan fingerprint density at radius 1 is 1.60 bits per heavy atom. The number of aromatic nitrogens is 1. The van der Waals surface area contributed by atoms with Crippen molar-refractivity contribution in [3.8, 4) is 0 Å². The third kappa shape index (κ3) is 7.77. The Hall–Kier alpha value is -1.27. The van der Waals surface area contributed by atoms with E-state index in [-0.39, 0.29) is 0 Å². The van der Waals surface area contributed by atoms with Crippen LogP contribution in [0.5, 0.6) is 0 Å². The molecule has 0 fully saturated rings. The van der Waals surface area contributed by atoms with Crippen molar-refractivity contribution in [3.05, 3.63) is 30.1 Å². The maximum Gasteiger partial charge on any atom is 0.250 e. The lowest BCUT2D eigenvalue weighted by atomic mass is 10.3. The number of nitrogens with two attached hydrogens (primary N) is 1. The first kappa shape index (κ1) is 13.7. The summed E-state index contributed by atoms with van der Waals surface area (Å²) in [5, 5.41) is 0. The second-order valence-electron chi connectivity index (χ2n) is 2.24. The molecule has 1 heterocycles. The van der Waals surface area contributed by atoms with Gasteiger partial charge in [0, 0.05) is 19.5 Å². The number of nitrogens with zero attached hydrogens (tertiary/aromatic N) is 1. The molecule has 0 spiro atoms. The monoisotopic (exact) mass is 232 g/mol. The number of phosphoric ester groups is 1. The van der Waals surface area contributed by atoms with Crippen LogP contribution in [0.1, 0.15) is 10.4 Å². The van der Waals surface area contributed by atoms with Crippen LogP contribution in [0.15, 0.2) is 24.5 Å². The van der Waals surface area contributed by atoms with Crippen molar-refractivity contribution in [2.75, 3.05) is 7.11 Å². The Morgan fingerprint density at radius 3 is 2.33 bits per heavy atom. The van der Waals surface area contributed by atoms with Gasteiger partial charge in [-0.2, -0.15) is 0 Å². The summed E-state index contributed by atoms with van der Waals surface area (Å²) in [6.07, 6.45) is 3.02. The van der Waals surface area contributed by atoms with E-state index in [1.54, 1.807) is 18.3 Å². The smallest absolute Gasteiger partial charge is 0.250 e. The van der Waals surface area contributed by atoms with Gasteiger partial charge in [0.25, 0.3) is 0 Å². The van der Waals surface area contributed by atoms with Gasteiger partial charge in [0.05, 0.1) is 13.4 Å². The van der Waals surface area contributed by atoms with Gasteiger partial charge in [0.1, 0.15) is 0 Å². The van der Waals surface area contributed by atoms with Crippen molar-refractivity contribution in [2.45, 2.75) is 0 Å². The van der Waals surface area contributed by atoms with Crippen LogP contribution in [0.3, 0.4) is 0 Å². The van der Waals surface area contributed by atoms with E-state index in [1.807, 2.05) is 0 Å². The molecule has 0 aliphatic rings. The summed E-state index contributed by atoms with van der Waals surface area (Å²) >= 11 is 0. The Kier molecular flexibility index (Phi) is 5.73. The standard InChI is InChI=1S/C6H6N2O.CH5O4P/c7-6(9)5-2-1-3-8-4-5;1-5-6(2,3)4/h1-4H,(H2,7,9);1H3,(H2,2,3,4)/p-2. The summed E-state index contributed by atoms with van der Waals surface area (Å²) < 4.78 is 12.6. The minimum atomic E-state index is -4.65. The molecule has 0 unspecified atom stereocenters. The molecule has 0 aromatic carbocycles. The Balaban J connectivity index is 0.000000288. The van der Waals surface area contributed by atoms with Crippen LogP contribution >= 0.6 is 7.82 Å². The number of carbonyl (C=O) groups excluding carboxylic acids is 1. The van der Waals surface area contributed by atoms with Crippen LogP contribution in [0.4, 0.5) is 0 Å². The normalized spacial score (nSPS) is 10.1. The SMILES string of the molecule is COP(=O)([O-])[O-].NC(=O)c1cccnc1. The third-order valence-electron chi connectivity index (χ3n) is 1.17. The van der Waals surface area contributed by atoms with Gasteiger partial charge < -0.3 is 24.6 Å². The summed E-state index contributed by atoms with van der Waals surface area (Å²) in [6.45, 7) is 0. The molecule has 0 bridgehead atoms. The van der Waals surface area contributed by atoms with Crippen LogP contribution in [-0.4, -0.2) is 18.0 Å². The van der Waals surface area contributed by atoms with E-state index in [2.05, 4.69) is 9.51 Å². The molecule has 8 heteroatoms. The van der Waals surface area contributed by atoms with Crippen molar-refractivity contribution in [1.29, 1.82) is 0 Å². The molecular weight excluding hydrogens is 223 g/mol. The number of carbonyl (C=O) groups is 1. The molecule has 1 amide bonds. The number of phosphoric acid groups is 1. The minimum Gasteiger partial charge on any atom is -0.790 e. The van der Waals surface area contributed by atoms with Crippen molar-refractivity contribution in [1.82, 2.24) is 4.98 Å². The van der Waals surface area contributed by atoms with E-state index in [0.717, 1.165) is 7.11 Å². The summed E-state index contributed by atoms with van der Waals surface area (Å²) in [7, 11) is -3.83. The zero-order valence-electron chi connectivity index (χ0n) is 7.82. The van der Waals surface area contributed by atoms with E-state index < -0.39 is 13.7 Å². The zero-order valence-corrected chi connectivity index (χ0v) is 8.72. The summed E-state index contributed by atoms with van der Waals surface area (Å²) in [6, 6.07) is 3.29. The van der Waals surface area contributed by atoms with E-state index in [9.17, 15) is 19.1 Å². The van der Waals surface area contributed by atoms with Crippen molar-refractivity contribution in [3.63, 3.8) is 0 Å². The van der Waals surface area contributed by atoms with Crippen molar-refractivity contribution < 1.29 is 23.7 Å². The molecule has 0 aliphatic carbocycles. The van der Waals surface area contributed by atoms with Crippen LogP contribution in [0, 0.1) is 0 Å². The average Bonchev–Trinajstić information content (AvgIpc) is 2.19. The maximum atomic E-state index is 10.4. The highest BCUT2D eigenvalue weighted by molar-refractivity contribution is 7.43. The van der Waals surface area contributed by atoms with Crippen molar-refractivity contribution >= 4 is 13.7 Å². The minimum absolute atomic E-state index is 0.442. The van der Waals surface area contributed by atoms with E-state index in [4.69, 9.17) is 5.73 Å². The maximum absolute atomic E-state index is 10.4. The lowest BCUT2D eigenvalue weighted by Crippen LogP contribution is -2.14. The van der Waals surface area contributed by atoms with Gasteiger partial charge in [-0.25, -0.2) is 0 Å². The quantitative estimate of drug-likeness (QED) is 0.627. The fourth-order valence-corrected chi connectivity index (χ4v) is 0.509. The molecule has 0 atom stereocenters. The van der Waals surface area contributed by atoms with Crippen LogP contribution in [0.2, 0.25) is 0 Å². The lowest BCUT2D eigenvalue weighted by Gasteiger charge is -2.25. The van der Waals surface area contributed by atoms with E-state index in [0.29, 0.717) is 5.56 Å². The van der Waals surface area contributed by atoms with Gasteiger partial charge in [-0.15, -0.1) is 0 Å². The number of pyridine rings is 1. The molecule has 0 aliphatic heterocycles. The third-order valence-corrected chi connectivity index (χ3v) is 1.62. The zero-order chi connectivity index (χ0) is 11.9. The summed E-state index contributed by atoms with van der Waals surface area (Å²) in [5.74, 6) is -0.442. The predicted octanol–water partition coefficient (Wildman–Crippen LogP) is -1.36. The number of hydrogen-bond donors (Lipinski definition) is 1. The Bertz CT molecular complexity index is 350. The van der Waals surface area contributed by atoms with E-state index >= 15 is 0 Å². The van der Waals surface area contributed by atoms with Crippen molar-refractivity contribution in [2.24, 2.45) is 5.73 Å². The fraction of sp³-hybridized carbons (Fsp3) is 0.143. The van der Waals surface area contributed by atoms with Gasteiger partial charge >= 0.3 is 0 Å². The number of primary amides is 1. The second kappa shape index (κ2) is 6.26. The second-order valence-corrected chi connectivity index (χ2v) is 3.50. The Morgan fingerprint density at radius 2 is 2.13 bits per heavy atom. The predicted molar refractivity (Wildman–Crippen MR) is 47.4 cm³/mol. The van der Waals surface area contributed by atoms with E-state index in [1.165, 1.54) is 6.20 Å². The molecule has 15 heavy (non-hydrogen) atoms. The molecule has 7 nitrogen and oxygen atoms in total. The summed E-state index contributed by atoms with van der Waals surface area (Å²) in [5.41, 5.74) is 5.38. The van der Waals surface area contributed by atoms with Gasteiger partial charge in [0.15, 0.2) is 0 Å². The first-order valence-electron chi connectivity index (χ1n) is 3.64. The highest BCUT2D eigenvalue weighted by Crippen LogP contribution is 2.21. The molecule has 1 aromatic rings. The topological polar surface area (TPSA) is 128 Å². The average molecular weight is 232 g/mol. The molecule has 1 rings (SSSR count). The van der Waals surface area contributed by atoms with Gasteiger partial charge in [0.2, 0.25) is 5.91 Å². The molecule has 0 saturated carbocycles. The molecule has 2 N–H and O–H groups in total. The lowest BCUT2D eigenvalue weighted by molar-refractivity contribution is -0.339. The number of hydrogen-bond acceptors (Lipinski definition) is 6. The first-order chi connectivity index (χ1) is 6.87. The largest absolute Gasteiger partial charge is 0.790 e. The number of amides is 1. The first-order valence-corrected chi connectivity index (χ1v) is 5.10. The van der Waals surface area contributed by atoms with Crippen LogP contribution < -0.4 is 15.5 Å². The molecule has 84 valence electrons. The molecular formula is C7H9N2O5P-2. The van der Waals surface area contributed by atoms with Gasteiger partial charge in [-0.3, -0.25) is 9.78 Å². The molecule has 0 radical (unpaired) electrons. The van der Waals surface area contributed by atoms with Gasteiger partial charge in [-0.05, 0) is 12.1 Å². The number of rotatable bonds is 2. The molecule has 1 aromatic heterocycles. The fourth-order valence-electron chi connectivity index (χ4n) is 0.509. The van der Waals surface area contributed by atoms with Gasteiger partial charge in [-0.1, -0.05) is 0 Å². The Labute approximate surface area is 86.1 Å². The highest BCUT2D eigenvalue weighted by Gasteiger charge is 1.94. The van der Waals surface area contributed by atoms with Crippen LogP contribution in [-0.2, 0) is 9.09 Å². The van der Waals surface area contributed by atoms with Crippen LogP contribution in [0.25, 0.3) is 0 Å². The summed E-state index contributed by atoms with van der Waals surface area (Å²) in [4.78, 5) is 32.6.